The fourth-order valence-electron chi connectivity index (χ4n) is 1.67. The third kappa shape index (κ3) is 3.95. The van der Waals surface area contributed by atoms with Gasteiger partial charge in [0.25, 0.3) is 0 Å². The van der Waals surface area contributed by atoms with Crippen LogP contribution in [0.25, 0.3) is 0 Å². The second-order valence-corrected chi connectivity index (χ2v) is 5.88. The largest absolute Gasteiger partial charge is 0.337 e. The van der Waals surface area contributed by atoms with Gasteiger partial charge in [0, 0.05) is 16.7 Å². The second kappa shape index (κ2) is 7.09. The maximum absolute atomic E-state index is 12.2. The van der Waals surface area contributed by atoms with Gasteiger partial charge >= 0.3 is 0 Å². The number of hydrogen-bond acceptors (Lipinski definition) is 2. The molecular formula is C14H21IN2O. The van der Waals surface area contributed by atoms with E-state index >= 15 is 0 Å². The highest BCUT2D eigenvalue weighted by atomic mass is 127. The zero-order valence-corrected chi connectivity index (χ0v) is 13.3. The van der Waals surface area contributed by atoms with Gasteiger partial charge in [-0.1, -0.05) is 32.0 Å². The van der Waals surface area contributed by atoms with Crippen LogP contribution in [0.1, 0.15) is 26.3 Å². The smallest absolute Gasteiger partial charge is 0.240 e. The van der Waals surface area contributed by atoms with Crippen LogP contribution in [0, 0.1) is 9.49 Å². The van der Waals surface area contributed by atoms with Crippen LogP contribution in [0.3, 0.4) is 0 Å². The monoisotopic (exact) mass is 360 g/mol. The van der Waals surface area contributed by atoms with E-state index in [0.717, 1.165) is 0 Å². The Kier molecular flexibility index (Phi) is 6.08. The molecular weight excluding hydrogens is 339 g/mol. The highest BCUT2D eigenvalue weighted by molar-refractivity contribution is 14.1. The molecule has 0 saturated heterocycles. The molecule has 1 unspecified atom stereocenters. The van der Waals surface area contributed by atoms with Crippen molar-refractivity contribution in [3.8, 4) is 0 Å². The van der Waals surface area contributed by atoms with Crippen molar-refractivity contribution in [2.24, 2.45) is 11.7 Å². The minimum atomic E-state index is -0.411. The molecule has 0 spiro atoms. The lowest BCUT2D eigenvalue weighted by Crippen LogP contribution is -2.46. The topological polar surface area (TPSA) is 46.3 Å². The first kappa shape index (κ1) is 15.4. The predicted octanol–water partition coefficient (Wildman–Crippen LogP) is 2.62. The average Bonchev–Trinajstić information content (AvgIpc) is 2.36. The lowest BCUT2D eigenvalue weighted by molar-refractivity contribution is -0.134. The van der Waals surface area contributed by atoms with Crippen molar-refractivity contribution in [3.05, 3.63) is 33.4 Å². The summed E-state index contributed by atoms with van der Waals surface area (Å²) in [6.45, 7) is 7.26. The summed E-state index contributed by atoms with van der Waals surface area (Å²) in [5, 5.41) is 0. The van der Waals surface area contributed by atoms with Gasteiger partial charge in [-0.3, -0.25) is 4.79 Å². The number of halogens is 1. The maximum Gasteiger partial charge on any atom is 0.240 e. The Labute approximate surface area is 123 Å². The lowest BCUT2D eigenvalue weighted by Gasteiger charge is -2.26. The molecule has 0 aliphatic heterocycles. The van der Waals surface area contributed by atoms with E-state index in [9.17, 15) is 4.79 Å². The van der Waals surface area contributed by atoms with Gasteiger partial charge in [0.1, 0.15) is 0 Å². The van der Waals surface area contributed by atoms with E-state index in [0.29, 0.717) is 13.1 Å². The molecule has 0 saturated carbocycles. The summed E-state index contributed by atoms with van der Waals surface area (Å²) in [6, 6.07) is 7.70. The van der Waals surface area contributed by atoms with Gasteiger partial charge in [-0.15, -0.1) is 0 Å². The van der Waals surface area contributed by atoms with Crippen molar-refractivity contribution in [3.63, 3.8) is 0 Å². The van der Waals surface area contributed by atoms with Crippen LogP contribution < -0.4 is 5.73 Å². The molecule has 1 atom stereocenters. The molecule has 18 heavy (non-hydrogen) atoms. The van der Waals surface area contributed by atoms with E-state index in [1.54, 1.807) is 0 Å². The van der Waals surface area contributed by atoms with Gasteiger partial charge in [-0.2, -0.15) is 0 Å². The van der Waals surface area contributed by atoms with Crippen LogP contribution in [0.4, 0.5) is 0 Å². The molecule has 0 bridgehead atoms. The molecule has 1 rings (SSSR count). The summed E-state index contributed by atoms with van der Waals surface area (Å²) in [7, 11) is 0. The van der Waals surface area contributed by atoms with Gasteiger partial charge in [0.05, 0.1) is 6.04 Å². The van der Waals surface area contributed by atoms with Crippen molar-refractivity contribution in [1.82, 2.24) is 4.90 Å². The Morgan fingerprint density at radius 2 is 2.00 bits per heavy atom. The standard InChI is InChI=1S/C14H21IN2O/c1-4-17(14(18)13(16)10(2)3)9-11-7-5-6-8-12(11)15/h5-8,10,13H,4,9,16H2,1-3H3. The zero-order valence-electron chi connectivity index (χ0n) is 11.2. The molecule has 0 aliphatic carbocycles. The van der Waals surface area contributed by atoms with Gasteiger partial charge in [-0.05, 0) is 47.1 Å². The first-order valence-electron chi connectivity index (χ1n) is 6.25. The molecule has 0 radical (unpaired) electrons. The van der Waals surface area contributed by atoms with Gasteiger partial charge in [0.15, 0.2) is 0 Å². The fraction of sp³-hybridized carbons (Fsp3) is 0.500. The number of carbonyl (C=O) groups is 1. The van der Waals surface area contributed by atoms with E-state index in [4.69, 9.17) is 5.73 Å². The number of nitrogens with two attached hydrogens (primary N) is 1. The Morgan fingerprint density at radius 1 is 1.39 bits per heavy atom. The van der Waals surface area contributed by atoms with Crippen molar-refractivity contribution in [1.29, 1.82) is 0 Å². The number of carbonyl (C=O) groups excluding carboxylic acids is 1. The van der Waals surface area contributed by atoms with Crippen LogP contribution >= 0.6 is 22.6 Å². The van der Waals surface area contributed by atoms with Crippen molar-refractivity contribution in [2.45, 2.75) is 33.4 Å². The molecule has 3 nitrogen and oxygen atoms in total. The molecule has 0 fully saturated rings. The third-order valence-electron chi connectivity index (χ3n) is 3.02. The summed E-state index contributed by atoms with van der Waals surface area (Å²) in [5.74, 6) is 0.202. The minimum absolute atomic E-state index is 0.0344. The van der Waals surface area contributed by atoms with Crippen LogP contribution in [-0.4, -0.2) is 23.4 Å². The van der Waals surface area contributed by atoms with Gasteiger partial charge in [0.2, 0.25) is 5.91 Å². The second-order valence-electron chi connectivity index (χ2n) is 4.71. The van der Waals surface area contributed by atoms with E-state index in [1.807, 2.05) is 37.8 Å². The minimum Gasteiger partial charge on any atom is -0.337 e. The normalized spacial score (nSPS) is 12.6. The third-order valence-corrected chi connectivity index (χ3v) is 4.07. The van der Waals surface area contributed by atoms with Gasteiger partial charge in [-0.25, -0.2) is 0 Å². The van der Waals surface area contributed by atoms with E-state index in [2.05, 4.69) is 34.7 Å². The molecule has 4 heteroatoms. The van der Waals surface area contributed by atoms with Crippen molar-refractivity contribution in [2.75, 3.05) is 6.54 Å². The SMILES string of the molecule is CCN(Cc1ccccc1I)C(=O)C(N)C(C)C. The molecule has 0 heterocycles. The number of benzene rings is 1. The fourth-order valence-corrected chi connectivity index (χ4v) is 2.23. The zero-order chi connectivity index (χ0) is 13.7. The summed E-state index contributed by atoms with van der Waals surface area (Å²) in [6.07, 6.45) is 0. The molecule has 2 N–H and O–H groups in total. The Morgan fingerprint density at radius 3 is 2.50 bits per heavy atom. The first-order valence-corrected chi connectivity index (χ1v) is 7.33. The van der Waals surface area contributed by atoms with E-state index in [1.165, 1.54) is 9.13 Å². The maximum atomic E-state index is 12.2. The van der Waals surface area contributed by atoms with Crippen LogP contribution in [-0.2, 0) is 11.3 Å². The molecule has 100 valence electrons. The van der Waals surface area contributed by atoms with E-state index in [-0.39, 0.29) is 11.8 Å². The van der Waals surface area contributed by atoms with Crippen LogP contribution in [0.5, 0.6) is 0 Å². The summed E-state index contributed by atoms with van der Waals surface area (Å²) < 4.78 is 1.18. The number of hydrogen-bond donors (Lipinski definition) is 1. The van der Waals surface area contributed by atoms with E-state index < -0.39 is 6.04 Å². The molecule has 0 aromatic heterocycles. The van der Waals surface area contributed by atoms with Crippen molar-refractivity contribution < 1.29 is 4.79 Å². The highest BCUT2D eigenvalue weighted by Gasteiger charge is 2.22. The number of amides is 1. The summed E-state index contributed by atoms with van der Waals surface area (Å²) >= 11 is 2.29. The quantitative estimate of drug-likeness (QED) is 0.821. The average molecular weight is 360 g/mol. The highest BCUT2D eigenvalue weighted by Crippen LogP contribution is 2.15. The summed E-state index contributed by atoms with van der Waals surface area (Å²) in [5.41, 5.74) is 7.11. The predicted molar refractivity (Wildman–Crippen MR) is 83.1 cm³/mol. The van der Waals surface area contributed by atoms with Gasteiger partial charge < -0.3 is 10.6 Å². The molecule has 1 aromatic rings. The summed E-state index contributed by atoms with van der Waals surface area (Å²) in [4.78, 5) is 14.1. The Hall–Kier alpha value is -0.620. The lowest BCUT2D eigenvalue weighted by atomic mass is 10.0. The number of likely N-dealkylation sites (N-methyl/N-ethyl adjacent to an activating group) is 1. The molecule has 1 aromatic carbocycles. The molecule has 0 aliphatic rings. The first-order chi connectivity index (χ1) is 8.47. The Bertz CT molecular complexity index is 407. The van der Waals surface area contributed by atoms with Crippen molar-refractivity contribution >= 4 is 28.5 Å². The van der Waals surface area contributed by atoms with Crippen LogP contribution in [0.2, 0.25) is 0 Å². The number of nitrogens with zero attached hydrogens (tertiary/aromatic N) is 1. The number of rotatable bonds is 5. The van der Waals surface area contributed by atoms with Crippen LogP contribution in [0.15, 0.2) is 24.3 Å². The Balaban J connectivity index is 2.80. The molecule has 1 amide bonds.